The van der Waals surface area contributed by atoms with Gasteiger partial charge < -0.3 is 10.2 Å². The lowest BCUT2D eigenvalue weighted by atomic mass is 10.1. The molecular weight excluding hydrogens is 518 g/mol. The van der Waals surface area contributed by atoms with Gasteiger partial charge in [-0.15, -0.1) is 0 Å². The average Bonchev–Trinajstić information content (AvgIpc) is 2.73. The number of anilines is 1. The highest BCUT2D eigenvalue weighted by atomic mass is 79.9. The van der Waals surface area contributed by atoms with Crippen molar-refractivity contribution in [3.8, 4) is 0 Å². The van der Waals surface area contributed by atoms with Gasteiger partial charge in [-0.05, 0) is 43.2 Å². The second kappa shape index (κ2) is 11.7. The quantitative estimate of drug-likeness (QED) is 0.493. The fourth-order valence-electron chi connectivity index (χ4n) is 3.03. The van der Waals surface area contributed by atoms with Crippen molar-refractivity contribution in [3.63, 3.8) is 0 Å². The van der Waals surface area contributed by atoms with Crippen LogP contribution in [0.1, 0.15) is 25.8 Å². The molecule has 0 saturated carbocycles. The number of nitrogens with one attached hydrogen (secondary N) is 1. The topological polar surface area (TPSA) is 86.8 Å². The zero-order chi connectivity index (χ0) is 23.9. The van der Waals surface area contributed by atoms with E-state index in [9.17, 15) is 18.0 Å². The van der Waals surface area contributed by atoms with E-state index in [4.69, 9.17) is 11.6 Å². The summed E-state index contributed by atoms with van der Waals surface area (Å²) in [6, 6.07) is 12.9. The molecule has 0 aliphatic carbocycles. The maximum Gasteiger partial charge on any atom is 0.244 e. The SMILES string of the molecule is CCCNC(=O)[C@H](C)N(Cc1ccccc1Cl)C(=O)CN(c1cccc(Br)c1)S(C)(=O)=O. The van der Waals surface area contributed by atoms with E-state index in [0.717, 1.165) is 17.0 Å². The zero-order valence-corrected chi connectivity index (χ0v) is 21.4. The summed E-state index contributed by atoms with van der Waals surface area (Å²) >= 11 is 9.61. The largest absolute Gasteiger partial charge is 0.354 e. The van der Waals surface area contributed by atoms with Gasteiger partial charge >= 0.3 is 0 Å². The lowest BCUT2D eigenvalue weighted by Gasteiger charge is -2.31. The van der Waals surface area contributed by atoms with E-state index in [2.05, 4.69) is 21.2 Å². The molecule has 2 aromatic rings. The van der Waals surface area contributed by atoms with E-state index in [-0.39, 0.29) is 12.5 Å². The van der Waals surface area contributed by atoms with E-state index in [1.807, 2.05) is 6.92 Å². The summed E-state index contributed by atoms with van der Waals surface area (Å²) in [6.45, 7) is 3.63. The van der Waals surface area contributed by atoms with Crippen molar-refractivity contribution >= 4 is 55.1 Å². The Bertz CT molecular complexity index is 1060. The van der Waals surface area contributed by atoms with Crippen LogP contribution in [0.5, 0.6) is 0 Å². The van der Waals surface area contributed by atoms with Crippen molar-refractivity contribution in [1.29, 1.82) is 0 Å². The van der Waals surface area contributed by atoms with E-state index in [1.165, 1.54) is 4.90 Å². The summed E-state index contributed by atoms with van der Waals surface area (Å²) in [7, 11) is -3.77. The molecule has 2 amide bonds. The molecule has 32 heavy (non-hydrogen) atoms. The first-order valence-electron chi connectivity index (χ1n) is 10.1. The molecule has 1 N–H and O–H groups in total. The predicted molar refractivity (Wildman–Crippen MR) is 131 cm³/mol. The van der Waals surface area contributed by atoms with Crippen LogP contribution in [0.4, 0.5) is 5.69 Å². The van der Waals surface area contributed by atoms with Crippen molar-refractivity contribution in [2.45, 2.75) is 32.9 Å². The summed E-state index contributed by atoms with van der Waals surface area (Å²) in [5, 5.41) is 3.24. The van der Waals surface area contributed by atoms with E-state index in [0.29, 0.717) is 27.3 Å². The summed E-state index contributed by atoms with van der Waals surface area (Å²) < 4.78 is 26.7. The van der Waals surface area contributed by atoms with Gasteiger partial charge in [-0.3, -0.25) is 13.9 Å². The summed E-state index contributed by atoms with van der Waals surface area (Å²) in [5.41, 5.74) is 1.00. The number of nitrogens with zero attached hydrogens (tertiary/aromatic N) is 2. The summed E-state index contributed by atoms with van der Waals surface area (Å²) in [6.07, 6.45) is 1.79. The molecule has 0 heterocycles. The highest BCUT2D eigenvalue weighted by Crippen LogP contribution is 2.23. The number of rotatable bonds is 10. The molecule has 174 valence electrons. The third-order valence-corrected chi connectivity index (χ3v) is 6.79. The van der Waals surface area contributed by atoms with Crippen LogP contribution in [0, 0.1) is 0 Å². The maximum atomic E-state index is 13.4. The molecule has 0 aromatic heterocycles. The van der Waals surface area contributed by atoms with Crippen LogP contribution in [-0.2, 0) is 26.2 Å². The van der Waals surface area contributed by atoms with Gasteiger partial charge in [-0.2, -0.15) is 0 Å². The molecule has 0 aliphatic rings. The van der Waals surface area contributed by atoms with Gasteiger partial charge in [0, 0.05) is 22.6 Å². The molecular formula is C22H27BrClN3O4S. The standard InChI is InChI=1S/C22H27BrClN3O4S/c1-4-12-25-22(29)16(2)26(14-17-8-5-6-11-20(17)24)21(28)15-27(32(3,30)31)19-10-7-9-18(23)13-19/h5-11,13,16H,4,12,14-15H2,1-3H3,(H,25,29)/t16-/m0/s1. The first kappa shape index (κ1) is 26.2. The Balaban J connectivity index is 2.38. The molecule has 0 unspecified atom stereocenters. The van der Waals surface area contributed by atoms with E-state index in [1.54, 1.807) is 55.5 Å². The Morgan fingerprint density at radius 3 is 2.44 bits per heavy atom. The van der Waals surface area contributed by atoms with Crippen LogP contribution in [0.2, 0.25) is 5.02 Å². The predicted octanol–water partition coefficient (Wildman–Crippen LogP) is 3.81. The molecule has 0 bridgehead atoms. The molecule has 0 spiro atoms. The third-order valence-electron chi connectivity index (χ3n) is 4.79. The number of sulfonamides is 1. The fourth-order valence-corrected chi connectivity index (χ4v) is 4.46. The minimum atomic E-state index is -3.77. The fraction of sp³-hybridized carbons (Fsp3) is 0.364. The smallest absolute Gasteiger partial charge is 0.244 e. The van der Waals surface area contributed by atoms with Crippen LogP contribution in [0.15, 0.2) is 53.0 Å². The number of halogens is 2. The minimum Gasteiger partial charge on any atom is -0.354 e. The second-order valence-corrected chi connectivity index (χ2v) is 10.6. The van der Waals surface area contributed by atoms with Crippen LogP contribution in [-0.4, -0.2) is 50.5 Å². The van der Waals surface area contributed by atoms with Crippen LogP contribution < -0.4 is 9.62 Å². The molecule has 10 heteroatoms. The zero-order valence-electron chi connectivity index (χ0n) is 18.2. The first-order valence-corrected chi connectivity index (χ1v) is 13.1. The summed E-state index contributed by atoms with van der Waals surface area (Å²) in [4.78, 5) is 27.4. The van der Waals surface area contributed by atoms with Gasteiger partial charge in [0.15, 0.2) is 0 Å². The van der Waals surface area contributed by atoms with Crippen LogP contribution in [0.25, 0.3) is 0 Å². The highest BCUT2D eigenvalue weighted by Gasteiger charge is 2.30. The van der Waals surface area contributed by atoms with Crippen molar-refractivity contribution in [1.82, 2.24) is 10.2 Å². The Morgan fingerprint density at radius 1 is 1.16 bits per heavy atom. The lowest BCUT2D eigenvalue weighted by Crippen LogP contribution is -2.51. The van der Waals surface area contributed by atoms with Gasteiger partial charge in [-0.1, -0.05) is 58.7 Å². The first-order chi connectivity index (χ1) is 15.0. The highest BCUT2D eigenvalue weighted by molar-refractivity contribution is 9.10. The van der Waals surface area contributed by atoms with Gasteiger partial charge in [0.25, 0.3) is 0 Å². The van der Waals surface area contributed by atoms with Crippen molar-refractivity contribution < 1.29 is 18.0 Å². The van der Waals surface area contributed by atoms with Gasteiger partial charge in [0.05, 0.1) is 11.9 Å². The van der Waals surface area contributed by atoms with Crippen molar-refractivity contribution in [2.24, 2.45) is 0 Å². The second-order valence-electron chi connectivity index (χ2n) is 7.33. The Labute approximate surface area is 202 Å². The monoisotopic (exact) mass is 543 g/mol. The Morgan fingerprint density at radius 2 is 1.84 bits per heavy atom. The molecule has 2 aromatic carbocycles. The minimum absolute atomic E-state index is 0.0648. The van der Waals surface area contributed by atoms with Crippen molar-refractivity contribution in [2.75, 3.05) is 23.7 Å². The number of hydrogen-bond acceptors (Lipinski definition) is 4. The Kier molecular flexibility index (Phi) is 9.54. The number of hydrogen-bond donors (Lipinski definition) is 1. The average molecular weight is 545 g/mol. The molecule has 0 aliphatic heterocycles. The molecule has 0 saturated heterocycles. The number of carbonyl (C=O) groups excluding carboxylic acids is 2. The molecule has 7 nitrogen and oxygen atoms in total. The van der Waals surface area contributed by atoms with Gasteiger partial charge in [-0.25, -0.2) is 8.42 Å². The number of amides is 2. The van der Waals surface area contributed by atoms with Crippen molar-refractivity contribution in [3.05, 3.63) is 63.6 Å². The molecule has 2 rings (SSSR count). The van der Waals surface area contributed by atoms with Gasteiger partial charge in [0.1, 0.15) is 12.6 Å². The van der Waals surface area contributed by atoms with Crippen LogP contribution in [0.3, 0.4) is 0 Å². The Hall–Kier alpha value is -2.10. The maximum absolute atomic E-state index is 13.4. The lowest BCUT2D eigenvalue weighted by molar-refractivity contribution is -0.139. The van der Waals surface area contributed by atoms with Gasteiger partial charge in [0.2, 0.25) is 21.8 Å². The summed E-state index contributed by atoms with van der Waals surface area (Å²) in [5.74, 6) is -0.838. The number of carbonyl (C=O) groups is 2. The number of benzene rings is 2. The third kappa shape index (κ3) is 7.21. The van der Waals surface area contributed by atoms with E-state index >= 15 is 0 Å². The molecule has 0 radical (unpaired) electrons. The molecule has 0 fully saturated rings. The van der Waals surface area contributed by atoms with Crippen LogP contribution >= 0.6 is 27.5 Å². The molecule has 1 atom stereocenters. The van der Waals surface area contributed by atoms with E-state index < -0.39 is 28.5 Å². The normalized spacial score (nSPS) is 12.2.